The second kappa shape index (κ2) is 9.01. The number of amides is 2. The Labute approximate surface area is 165 Å². The van der Waals surface area contributed by atoms with Crippen LogP contribution in [0.2, 0.25) is 5.02 Å². The molecule has 146 valence electrons. The molecule has 28 heavy (non-hydrogen) atoms. The lowest BCUT2D eigenvalue weighted by atomic mass is 10.1. The number of carbonyl (C=O) groups is 4. The van der Waals surface area contributed by atoms with E-state index in [4.69, 9.17) is 11.6 Å². The van der Waals surface area contributed by atoms with E-state index in [-0.39, 0.29) is 16.8 Å². The van der Waals surface area contributed by atoms with Crippen molar-refractivity contribution >= 4 is 46.7 Å². The van der Waals surface area contributed by atoms with Crippen molar-refractivity contribution in [1.29, 1.82) is 0 Å². The first kappa shape index (κ1) is 20.9. The molecular weight excluding hydrogens is 388 g/mol. The van der Waals surface area contributed by atoms with E-state index in [2.05, 4.69) is 20.1 Å². The van der Waals surface area contributed by atoms with Crippen LogP contribution in [-0.4, -0.2) is 38.0 Å². The van der Waals surface area contributed by atoms with E-state index >= 15 is 0 Å². The molecule has 0 heterocycles. The average Bonchev–Trinajstić information content (AvgIpc) is 2.68. The highest BCUT2D eigenvalue weighted by atomic mass is 35.5. The van der Waals surface area contributed by atoms with Gasteiger partial charge in [0, 0.05) is 10.7 Å². The summed E-state index contributed by atoms with van der Waals surface area (Å²) in [5, 5.41) is 5.25. The van der Waals surface area contributed by atoms with Gasteiger partial charge in [-0.05, 0) is 48.9 Å². The molecule has 2 amide bonds. The van der Waals surface area contributed by atoms with Gasteiger partial charge in [-0.1, -0.05) is 11.6 Å². The van der Waals surface area contributed by atoms with Crippen LogP contribution in [0.1, 0.15) is 26.3 Å². The zero-order valence-electron chi connectivity index (χ0n) is 15.3. The molecular formula is C19H17ClN2O6. The number of rotatable bonds is 4. The fourth-order valence-electron chi connectivity index (χ4n) is 2.31. The number of aryl methyl sites for hydroxylation is 1. The van der Waals surface area contributed by atoms with Crippen LogP contribution in [0.5, 0.6) is 0 Å². The third-order valence-electron chi connectivity index (χ3n) is 3.74. The molecule has 0 fully saturated rings. The monoisotopic (exact) mass is 404 g/mol. The molecule has 9 heteroatoms. The number of ether oxygens (including phenoxy) is 2. The molecule has 0 radical (unpaired) electrons. The molecule has 0 aliphatic heterocycles. The minimum Gasteiger partial charge on any atom is -0.465 e. The number of hydrogen-bond donors (Lipinski definition) is 2. The highest BCUT2D eigenvalue weighted by Gasteiger charge is 2.21. The van der Waals surface area contributed by atoms with Gasteiger partial charge < -0.3 is 20.1 Å². The molecule has 0 saturated heterocycles. The summed E-state index contributed by atoms with van der Waals surface area (Å²) in [6.07, 6.45) is 0. The maximum Gasteiger partial charge on any atom is 0.339 e. The van der Waals surface area contributed by atoms with Crippen LogP contribution < -0.4 is 10.6 Å². The van der Waals surface area contributed by atoms with Crippen molar-refractivity contribution in [1.82, 2.24) is 0 Å². The Balaban J connectivity index is 2.26. The highest BCUT2D eigenvalue weighted by Crippen LogP contribution is 2.21. The van der Waals surface area contributed by atoms with Crippen LogP contribution in [0.25, 0.3) is 0 Å². The Bertz CT molecular complexity index is 957. The molecule has 2 rings (SSSR count). The van der Waals surface area contributed by atoms with Gasteiger partial charge >= 0.3 is 23.8 Å². The molecule has 2 N–H and O–H groups in total. The molecule has 0 aliphatic carbocycles. The van der Waals surface area contributed by atoms with Crippen molar-refractivity contribution in [3.8, 4) is 0 Å². The Morgan fingerprint density at radius 1 is 0.821 bits per heavy atom. The molecule has 0 aliphatic rings. The van der Waals surface area contributed by atoms with Gasteiger partial charge in [0.25, 0.3) is 0 Å². The summed E-state index contributed by atoms with van der Waals surface area (Å²) < 4.78 is 9.26. The van der Waals surface area contributed by atoms with Gasteiger partial charge in [0.2, 0.25) is 0 Å². The summed E-state index contributed by atoms with van der Waals surface area (Å²) in [4.78, 5) is 48.1. The zero-order chi connectivity index (χ0) is 20.8. The summed E-state index contributed by atoms with van der Waals surface area (Å²) in [5.74, 6) is -3.43. The van der Waals surface area contributed by atoms with Gasteiger partial charge in [0.05, 0.1) is 31.0 Å². The predicted octanol–water partition coefficient (Wildman–Crippen LogP) is 2.80. The number of benzene rings is 2. The molecule has 2 aromatic carbocycles. The predicted molar refractivity (Wildman–Crippen MR) is 103 cm³/mol. The average molecular weight is 405 g/mol. The smallest absolute Gasteiger partial charge is 0.339 e. The van der Waals surface area contributed by atoms with E-state index in [9.17, 15) is 19.2 Å². The largest absolute Gasteiger partial charge is 0.465 e. The first-order valence-corrected chi connectivity index (χ1v) is 8.33. The number of halogens is 1. The van der Waals surface area contributed by atoms with Crippen molar-refractivity contribution in [3.05, 3.63) is 58.1 Å². The summed E-state index contributed by atoms with van der Waals surface area (Å²) in [6.45, 7) is 1.72. The molecule has 0 saturated carbocycles. The van der Waals surface area contributed by atoms with Gasteiger partial charge in [0.1, 0.15) is 0 Å². The third-order valence-corrected chi connectivity index (χ3v) is 3.97. The van der Waals surface area contributed by atoms with Crippen LogP contribution in [0.3, 0.4) is 0 Å². The van der Waals surface area contributed by atoms with Gasteiger partial charge in [0.15, 0.2) is 0 Å². The quantitative estimate of drug-likeness (QED) is 0.598. The Kier molecular flexibility index (Phi) is 6.73. The van der Waals surface area contributed by atoms with E-state index in [1.807, 2.05) is 0 Å². The number of carbonyl (C=O) groups excluding carboxylic acids is 4. The van der Waals surface area contributed by atoms with E-state index in [1.165, 1.54) is 25.3 Å². The number of esters is 2. The Hall–Kier alpha value is -3.39. The van der Waals surface area contributed by atoms with Gasteiger partial charge in [-0.2, -0.15) is 0 Å². The van der Waals surface area contributed by atoms with E-state index < -0.39 is 23.8 Å². The van der Waals surface area contributed by atoms with Crippen LogP contribution in [0.4, 0.5) is 11.4 Å². The first-order chi connectivity index (χ1) is 13.3. The fraction of sp³-hybridized carbons (Fsp3) is 0.158. The maximum absolute atomic E-state index is 12.3. The molecule has 0 aromatic heterocycles. The minimum atomic E-state index is -1.04. The second-order valence-electron chi connectivity index (χ2n) is 5.61. The summed E-state index contributed by atoms with van der Waals surface area (Å²) in [5.41, 5.74) is 1.05. The van der Waals surface area contributed by atoms with Crippen LogP contribution in [-0.2, 0) is 19.1 Å². The van der Waals surface area contributed by atoms with Crippen LogP contribution in [0.15, 0.2) is 36.4 Å². The molecule has 0 bridgehead atoms. The lowest BCUT2D eigenvalue weighted by molar-refractivity contribution is -0.133. The lowest BCUT2D eigenvalue weighted by Crippen LogP contribution is -2.30. The fourth-order valence-corrected chi connectivity index (χ4v) is 2.53. The van der Waals surface area contributed by atoms with E-state index in [1.54, 1.807) is 25.1 Å². The third kappa shape index (κ3) is 4.86. The van der Waals surface area contributed by atoms with E-state index in [0.29, 0.717) is 16.3 Å². The normalized spacial score (nSPS) is 10.0. The Morgan fingerprint density at radius 3 is 2.00 bits per heavy atom. The molecule has 0 unspecified atom stereocenters. The van der Waals surface area contributed by atoms with Crippen molar-refractivity contribution in [2.45, 2.75) is 6.92 Å². The van der Waals surface area contributed by atoms with Gasteiger partial charge in [-0.3, -0.25) is 9.59 Å². The van der Waals surface area contributed by atoms with Crippen molar-refractivity contribution < 1.29 is 28.7 Å². The topological polar surface area (TPSA) is 111 Å². The maximum atomic E-state index is 12.3. The summed E-state index contributed by atoms with van der Waals surface area (Å²) in [7, 11) is 2.36. The van der Waals surface area contributed by atoms with Crippen LogP contribution in [0, 0.1) is 6.92 Å². The van der Waals surface area contributed by atoms with Gasteiger partial charge in [-0.15, -0.1) is 0 Å². The zero-order valence-corrected chi connectivity index (χ0v) is 16.0. The Morgan fingerprint density at radius 2 is 1.43 bits per heavy atom. The van der Waals surface area contributed by atoms with Crippen molar-refractivity contribution in [2.24, 2.45) is 0 Å². The number of methoxy groups -OCH3 is 2. The van der Waals surface area contributed by atoms with Gasteiger partial charge in [-0.25, -0.2) is 9.59 Å². The summed E-state index contributed by atoms with van der Waals surface area (Å²) >= 11 is 5.86. The SMILES string of the molecule is COC(=O)c1ccc(C(=O)OC)c(NC(=O)C(=O)Nc2ccc(Cl)cc2C)c1. The van der Waals surface area contributed by atoms with Crippen LogP contribution >= 0.6 is 11.6 Å². The molecule has 0 spiro atoms. The minimum absolute atomic E-state index is 0.0287. The first-order valence-electron chi connectivity index (χ1n) is 7.96. The highest BCUT2D eigenvalue weighted by molar-refractivity contribution is 6.44. The van der Waals surface area contributed by atoms with E-state index in [0.717, 1.165) is 7.11 Å². The summed E-state index contributed by atoms with van der Waals surface area (Å²) in [6, 6.07) is 8.60. The van der Waals surface area contributed by atoms with Crippen molar-refractivity contribution in [2.75, 3.05) is 24.9 Å². The number of nitrogens with one attached hydrogen (secondary N) is 2. The number of anilines is 2. The lowest BCUT2D eigenvalue weighted by Gasteiger charge is -2.12. The molecule has 8 nitrogen and oxygen atoms in total. The second-order valence-corrected chi connectivity index (χ2v) is 6.05. The standard InChI is InChI=1S/C19H17ClN2O6/c1-10-8-12(20)5-7-14(10)21-16(23)17(24)22-15-9-11(18(25)27-2)4-6-13(15)19(26)28-3/h4-9H,1-3H3,(H,21,23)(H,22,24). The molecule has 2 aromatic rings. The van der Waals surface area contributed by atoms with Crippen molar-refractivity contribution in [3.63, 3.8) is 0 Å². The molecule has 0 atom stereocenters. The number of hydrogen-bond acceptors (Lipinski definition) is 6.